The molecule has 1 amide bonds. The van der Waals surface area contributed by atoms with E-state index in [-0.39, 0.29) is 5.91 Å². The maximum Gasteiger partial charge on any atom is 0.217 e. The van der Waals surface area contributed by atoms with Crippen LogP contribution in [0.5, 0.6) is 0 Å². The maximum atomic E-state index is 10.4. The smallest absolute Gasteiger partial charge is 0.217 e. The van der Waals surface area contributed by atoms with Gasteiger partial charge in [-0.25, -0.2) is 0 Å². The number of amides is 1. The van der Waals surface area contributed by atoms with Gasteiger partial charge < -0.3 is 10.5 Å². The minimum Gasteiger partial charge on any atom is -0.381 e. The molecular formula is C9H17NO2. The van der Waals surface area contributed by atoms with Crippen molar-refractivity contribution in [3.63, 3.8) is 0 Å². The highest BCUT2D eigenvalue weighted by Crippen LogP contribution is 2.19. The van der Waals surface area contributed by atoms with Gasteiger partial charge in [0.05, 0.1) is 0 Å². The molecule has 0 aromatic carbocycles. The Morgan fingerprint density at radius 1 is 1.58 bits per heavy atom. The summed E-state index contributed by atoms with van der Waals surface area (Å²) in [7, 11) is 0. The number of ether oxygens (including phenoxy) is 1. The van der Waals surface area contributed by atoms with Crippen molar-refractivity contribution in [2.75, 3.05) is 13.2 Å². The lowest BCUT2D eigenvalue weighted by molar-refractivity contribution is -0.118. The number of carbonyl (C=O) groups excluding carboxylic acids is 1. The van der Waals surface area contributed by atoms with Crippen molar-refractivity contribution in [3.8, 4) is 0 Å². The van der Waals surface area contributed by atoms with Gasteiger partial charge >= 0.3 is 0 Å². The van der Waals surface area contributed by atoms with Crippen LogP contribution in [-0.4, -0.2) is 19.1 Å². The number of primary amides is 1. The second-order valence-corrected chi connectivity index (χ2v) is 3.44. The lowest BCUT2D eigenvalue weighted by atomic mass is 9.96. The van der Waals surface area contributed by atoms with E-state index >= 15 is 0 Å². The van der Waals surface area contributed by atoms with Crippen molar-refractivity contribution in [1.29, 1.82) is 0 Å². The molecule has 0 saturated carbocycles. The predicted octanol–water partition coefficient (Wildman–Crippen LogP) is 1.07. The summed E-state index contributed by atoms with van der Waals surface area (Å²) in [6.07, 6.45) is 4.95. The molecule has 2 N–H and O–H groups in total. The van der Waals surface area contributed by atoms with Gasteiger partial charge in [0.1, 0.15) is 0 Å². The summed E-state index contributed by atoms with van der Waals surface area (Å²) >= 11 is 0. The van der Waals surface area contributed by atoms with Crippen LogP contribution in [0, 0.1) is 5.92 Å². The van der Waals surface area contributed by atoms with E-state index in [1.54, 1.807) is 0 Å². The standard InChI is InChI=1S/C9H17NO2/c10-9(11)5-1-3-8-4-2-6-12-7-8/h8H,1-7H2,(H2,10,11). The lowest BCUT2D eigenvalue weighted by Gasteiger charge is -2.21. The summed E-state index contributed by atoms with van der Waals surface area (Å²) in [5, 5.41) is 0. The average molecular weight is 171 g/mol. The third kappa shape index (κ3) is 3.72. The zero-order valence-corrected chi connectivity index (χ0v) is 7.42. The van der Waals surface area contributed by atoms with E-state index in [0.717, 1.165) is 26.1 Å². The molecule has 3 nitrogen and oxygen atoms in total. The number of hydrogen-bond donors (Lipinski definition) is 1. The monoisotopic (exact) mass is 171 g/mol. The molecule has 0 aliphatic carbocycles. The molecule has 1 atom stereocenters. The van der Waals surface area contributed by atoms with Crippen LogP contribution >= 0.6 is 0 Å². The SMILES string of the molecule is NC(=O)CCCC1CCCOC1. The van der Waals surface area contributed by atoms with E-state index in [2.05, 4.69) is 0 Å². The van der Waals surface area contributed by atoms with Crippen LogP contribution in [0.1, 0.15) is 32.1 Å². The molecule has 1 saturated heterocycles. The highest BCUT2D eigenvalue weighted by molar-refractivity contribution is 5.73. The maximum absolute atomic E-state index is 10.4. The van der Waals surface area contributed by atoms with E-state index in [1.807, 2.05) is 0 Å². The Hall–Kier alpha value is -0.570. The fourth-order valence-electron chi connectivity index (χ4n) is 1.60. The van der Waals surface area contributed by atoms with Crippen molar-refractivity contribution >= 4 is 5.91 Å². The minimum atomic E-state index is -0.188. The highest BCUT2D eigenvalue weighted by Gasteiger charge is 2.13. The molecule has 1 fully saturated rings. The Balaban J connectivity index is 2.01. The Bertz CT molecular complexity index is 141. The number of nitrogens with two attached hydrogens (primary N) is 1. The molecule has 1 heterocycles. The summed E-state index contributed by atoms with van der Waals surface area (Å²) in [5.74, 6) is 0.477. The first-order valence-electron chi connectivity index (χ1n) is 4.65. The summed E-state index contributed by atoms with van der Waals surface area (Å²) in [5.41, 5.74) is 5.04. The molecule has 0 aromatic heterocycles. The van der Waals surface area contributed by atoms with Gasteiger partial charge in [0, 0.05) is 19.6 Å². The summed E-state index contributed by atoms with van der Waals surface area (Å²) < 4.78 is 5.32. The predicted molar refractivity (Wildman–Crippen MR) is 46.6 cm³/mol. The van der Waals surface area contributed by atoms with Crippen LogP contribution in [0.25, 0.3) is 0 Å². The molecule has 1 aliphatic rings. The van der Waals surface area contributed by atoms with Crippen molar-refractivity contribution in [3.05, 3.63) is 0 Å². The molecule has 1 rings (SSSR count). The van der Waals surface area contributed by atoms with Crippen molar-refractivity contribution < 1.29 is 9.53 Å². The highest BCUT2D eigenvalue weighted by atomic mass is 16.5. The number of hydrogen-bond acceptors (Lipinski definition) is 2. The van der Waals surface area contributed by atoms with Crippen LogP contribution in [0.4, 0.5) is 0 Å². The summed E-state index contributed by atoms with van der Waals surface area (Å²) in [4.78, 5) is 10.4. The van der Waals surface area contributed by atoms with Gasteiger partial charge in [0.2, 0.25) is 5.91 Å². The van der Waals surface area contributed by atoms with Crippen LogP contribution in [0.2, 0.25) is 0 Å². The Kier molecular flexibility index (Phi) is 4.08. The normalized spacial score (nSPS) is 23.8. The quantitative estimate of drug-likeness (QED) is 0.687. The van der Waals surface area contributed by atoms with Gasteiger partial charge in [0.25, 0.3) is 0 Å². The van der Waals surface area contributed by atoms with Crippen molar-refractivity contribution in [1.82, 2.24) is 0 Å². The fourth-order valence-corrected chi connectivity index (χ4v) is 1.60. The molecule has 0 spiro atoms. The largest absolute Gasteiger partial charge is 0.381 e. The number of carbonyl (C=O) groups is 1. The van der Waals surface area contributed by atoms with E-state index in [4.69, 9.17) is 10.5 Å². The summed E-state index contributed by atoms with van der Waals surface area (Å²) in [6, 6.07) is 0. The Labute approximate surface area is 73.3 Å². The van der Waals surface area contributed by atoms with E-state index in [0.29, 0.717) is 12.3 Å². The van der Waals surface area contributed by atoms with Gasteiger partial charge in [-0.15, -0.1) is 0 Å². The van der Waals surface area contributed by atoms with Crippen LogP contribution in [0.15, 0.2) is 0 Å². The zero-order chi connectivity index (χ0) is 8.81. The van der Waals surface area contributed by atoms with Crippen LogP contribution in [-0.2, 0) is 9.53 Å². The first-order valence-corrected chi connectivity index (χ1v) is 4.65. The minimum absolute atomic E-state index is 0.188. The van der Waals surface area contributed by atoms with Gasteiger partial charge in [-0.3, -0.25) is 4.79 Å². The van der Waals surface area contributed by atoms with E-state index in [1.165, 1.54) is 12.8 Å². The lowest BCUT2D eigenvalue weighted by Crippen LogP contribution is -2.18. The van der Waals surface area contributed by atoms with Gasteiger partial charge in [-0.05, 0) is 31.6 Å². The molecule has 0 radical (unpaired) electrons. The molecule has 12 heavy (non-hydrogen) atoms. The Morgan fingerprint density at radius 2 is 2.42 bits per heavy atom. The van der Waals surface area contributed by atoms with Gasteiger partial charge in [0.15, 0.2) is 0 Å². The third-order valence-electron chi connectivity index (χ3n) is 2.29. The van der Waals surface area contributed by atoms with Gasteiger partial charge in [-0.2, -0.15) is 0 Å². The number of rotatable bonds is 4. The summed E-state index contributed by atoms with van der Waals surface area (Å²) in [6.45, 7) is 1.78. The fraction of sp³-hybridized carbons (Fsp3) is 0.889. The molecule has 0 aromatic rings. The van der Waals surface area contributed by atoms with Crippen LogP contribution in [0.3, 0.4) is 0 Å². The average Bonchev–Trinajstić information content (AvgIpc) is 2.05. The Morgan fingerprint density at radius 3 is 3.00 bits per heavy atom. The third-order valence-corrected chi connectivity index (χ3v) is 2.29. The molecule has 1 aliphatic heterocycles. The second-order valence-electron chi connectivity index (χ2n) is 3.44. The molecule has 1 unspecified atom stereocenters. The first-order chi connectivity index (χ1) is 5.79. The van der Waals surface area contributed by atoms with Crippen LogP contribution < -0.4 is 5.73 Å². The second kappa shape index (κ2) is 5.14. The van der Waals surface area contributed by atoms with Crippen molar-refractivity contribution in [2.24, 2.45) is 11.7 Å². The molecular weight excluding hydrogens is 154 g/mol. The molecule has 3 heteroatoms. The molecule has 0 bridgehead atoms. The first kappa shape index (κ1) is 9.52. The zero-order valence-electron chi connectivity index (χ0n) is 7.42. The van der Waals surface area contributed by atoms with Gasteiger partial charge in [-0.1, -0.05) is 0 Å². The topological polar surface area (TPSA) is 52.3 Å². The van der Waals surface area contributed by atoms with E-state index < -0.39 is 0 Å². The van der Waals surface area contributed by atoms with E-state index in [9.17, 15) is 4.79 Å². The van der Waals surface area contributed by atoms with Crippen molar-refractivity contribution in [2.45, 2.75) is 32.1 Å². The molecule has 70 valence electrons.